The number of nitrogens with zero attached hydrogens (tertiary/aromatic N) is 2. The molecule has 0 amide bonds. The van der Waals surface area contributed by atoms with Crippen molar-refractivity contribution in [3.05, 3.63) is 28.2 Å². The van der Waals surface area contributed by atoms with Gasteiger partial charge < -0.3 is 9.80 Å². The van der Waals surface area contributed by atoms with E-state index in [4.69, 9.17) is 0 Å². The van der Waals surface area contributed by atoms with E-state index < -0.39 is 0 Å². The van der Waals surface area contributed by atoms with Crippen LogP contribution in [-0.2, 0) is 5.33 Å². The summed E-state index contributed by atoms with van der Waals surface area (Å²) in [5.41, 5.74) is 2.60. The lowest BCUT2D eigenvalue weighted by molar-refractivity contribution is 0.248. The van der Waals surface area contributed by atoms with Crippen molar-refractivity contribution in [1.82, 2.24) is 4.90 Å². The second-order valence-corrected chi connectivity index (χ2v) is 6.50. The summed E-state index contributed by atoms with van der Waals surface area (Å²) in [6.07, 6.45) is 2.58. The fraction of sp³-hybridized carbons (Fsp3) is 0.571. The standard InChI is InChI=1S/C14H20Br2N2/c1-17-7-3-4-12(10-17)18(2)14-6-5-11(9-15)8-13(14)16/h5-6,8,12H,3-4,7,9-10H2,1-2H3. The van der Waals surface area contributed by atoms with Crippen LogP contribution < -0.4 is 4.90 Å². The van der Waals surface area contributed by atoms with Gasteiger partial charge in [0.1, 0.15) is 0 Å². The average molecular weight is 376 g/mol. The van der Waals surface area contributed by atoms with Gasteiger partial charge in [0, 0.05) is 29.4 Å². The lowest BCUT2D eigenvalue weighted by Crippen LogP contribution is -2.45. The van der Waals surface area contributed by atoms with Gasteiger partial charge in [0.05, 0.1) is 5.69 Å². The molecule has 0 aromatic heterocycles. The lowest BCUT2D eigenvalue weighted by atomic mass is 10.0. The van der Waals surface area contributed by atoms with Crippen LogP contribution in [0.1, 0.15) is 18.4 Å². The van der Waals surface area contributed by atoms with E-state index in [2.05, 4.69) is 74.0 Å². The van der Waals surface area contributed by atoms with Crippen molar-refractivity contribution >= 4 is 37.5 Å². The molecule has 2 rings (SSSR count). The number of hydrogen-bond acceptors (Lipinski definition) is 2. The van der Waals surface area contributed by atoms with Gasteiger partial charge in [-0.15, -0.1) is 0 Å². The van der Waals surface area contributed by atoms with Gasteiger partial charge in [-0.05, 0) is 60.1 Å². The van der Waals surface area contributed by atoms with Crippen molar-refractivity contribution in [2.75, 3.05) is 32.1 Å². The average Bonchev–Trinajstić information content (AvgIpc) is 2.37. The SMILES string of the molecule is CN1CCCC(N(C)c2ccc(CBr)cc2Br)C1. The van der Waals surface area contributed by atoms with Crippen LogP contribution >= 0.6 is 31.9 Å². The quantitative estimate of drug-likeness (QED) is 0.739. The van der Waals surface area contributed by atoms with E-state index in [9.17, 15) is 0 Å². The molecule has 0 radical (unpaired) electrons. The Hall–Kier alpha value is -0.0600. The van der Waals surface area contributed by atoms with Crippen LogP contribution in [-0.4, -0.2) is 38.1 Å². The topological polar surface area (TPSA) is 6.48 Å². The summed E-state index contributed by atoms with van der Waals surface area (Å²) in [6, 6.07) is 7.23. The predicted octanol–water partition coefficient (Wildman–Crippen LogP) is 3.87. The molecule has 1 heterocycles. The molecule has 100 valence electrons. The van der Waals surface area contributed by atoms with Crippen LogP contribution in [0, 0.1) is 0 Å². The maximum Gasteiger partial charge on any atom is 0.0511 e. The van der Waals surface area contributed by atoms with Gasteiger partial charge in [0.25, 0.3) is 0 Å². The highest BCUT2D eigenvalue weighted by molar-refractivity contribution is 9.10. The molecule has 1 saturated heterocycles. The highest BCUT2D eigenvalue weighted by atomic mass is 79.9. The molecule has 2 nitrogen and oxygen atoms in total. The van der Waals surface area contributed by atoms with E-state index in [1.54, 1.807) is 0 Å². The molecule has 18 heavy (non-hydrogen) atoms. The summed E-state index contributed by atoms with van der Waals surface area (Å²) >= 11 is 7.19. The summed E-state index contributed by atoms with van der Waals surface area (Å²) in [7, 11) is 4.42. The second kappa shape index (κ2) is 6.40. The third-order valence-corrected chi connectivity index (χ3v) is 4.98. The highest BCUT2D eigenvalue weighted by Gasteiger charge is 2.22. The molecule has 1 aromatic carbocycles. The van der Waals surface area contributed by atoms with Crippen LogP contribution in [0.3, 0.4) is 0 Å². The summed E-state index contributed by atoms with van der Waals surface area (Å²) in [4.78, 5) is 4.84. The number of likely N-dealkylation sites (N-methyl/N-ethyl adjacent to an activating group) is 2. The third kappa shape index (κ3) is 3.28. The Morgan fingerprint density at radius 2 is 2.22 bits per heavy atom. The zero-order chi connectivity index (χ0) is 13.1. The number of rotatable bonds is 3. The summed E-state index contributed by atoms with van der Waals surface area (Å²) < 4.78 is 1.19. The molecule has 1 aliphatic heterocycles. The van der Waals surface area contributed by atoms with Crippen LogP contribution in [0.5, 0.6) is 0 Å². The number of halogens is 2. The Kier molecular flexibility index (Phi) is 5.10. The van der Waals surface area contributed by atoms with E-state index in [1.165, 1.54) is 35.1 Å². The first kappa shape index (κ1) is 14.4. The van der Waals surface area contributed by atoms with Crippen LogP contribution in [0.15, 0.2) is 22.7 Å². The smallest absolute Gasteiger partial charge is 0.0511 e. The number of alkyl halides is 1. The Labute approximate surface area is 127 Å². The molecule has 1 fully saturated rings. The number of hydrogen-bond donors (Lipinski definition) is 0. The van der Waals surface area contributed by atoms with E-state index in [0.29, 0.717) is 6.04 Å². The molecule has 0 bridgehead atoms. The minimum atomic E-state index is 0.620. The minimum absolute atomic E-state index is 0.620. The van der Waals surface area contributed by atoms with Crippen molar-refractivity contribution in [3.63, 3.8) is 0 Å². The van der Waals surface area contributed by atoms with Crippen molar-refractivity contribution < 1.29 is 0 Å². The molecule has 0 N–H and O–H groups in total. The van der Waals surface area contributed by atoms with Crippen LogP contribution in [0.4, 0.5) is 5.69 Å². The number of piperidine rings is 1. The fourth-order valence-electron chi connectivity index (χ4n) is 2.57. The van der Waals surface area contributed by atoms with E-state index >= 15 is 0 Å². The molecule has 1 aliphatic rings. The molecular weight excluding hydrogens is 356 g/mol. The normalized spacial score (nSPS) is 21.0. The van der Waals surface area contributed by atoms with E-state index in [0.717, 1.165) is 11.9 Å². The summed E-state index contributed by atoms with van der Waals surface area (Å²) in [5.74, 6) is 0. The molecular formula is C14H20Br2N2. The van der Waals surface area contributed by atoms with Crippen molar-refractivity contribution in [2.24, 2.45) is 0 Å². The maximum absolute atomic E-state index is 3.69. The van der Waals surface area contributed by atoms with Crippen molar-refractivity contribution in [3.8, 4) is 0 Å². The first-order valence-corrected chi connectivity index (χ1v) is 8.29. The van der Waals surface area contributed by atoms with Crippen LogP contribution in [0.2, 0.25) is 0 Å². The van der Waals surface area contributed by atoms with Crippen molar-refractivity contribution in [2.45, 2.75) is 24.2 Å². The fourth-order valence-corrected chi connectivity index (χ4v) is 3.63. The molecule has 0 saturated carbocycles. The van der Waals surface area contributed by atoms with Gasteiger partial charge in [-0.3, -0.25) is 0 Å². The maximum atomic E-state index is 3.69. The molecule has 0 aliphatic carbocycles. The van der Waals surface area contributed by atoms with E-state index in [1.807, 2.05) is 0 Å². The molecule has 1 aromatic rings. The summed E-state index contributed by atoms with van der Waals surface area (Å²) in [5, 5.41) is 0.905. The molecule has 1 unspecified atom stereocenters. The summed E-state index contributed by atoms with van der Waals surface area (Å²) in [6.45, 7) is 2.39. The molecule has 1 atom stereocenters. The number of anilines is 1. The van der Waals surface area contributed by atoms with Gasteiger partial charge in [-0.1, -0.05) is 22.0 Å². The van der Waals surface area contributed by atoms with Gasteiger partial charge in [-0.2, -0.15) is 0 Å². The van der Waals surface area contributed by atoms with Gasteiger partial charge >= 0.3 is 0 Å². The first-order valence-electron chi connectivity index (χ1n) is 6.37. The van der Waals surface area contributed by atoms with Crippen molar-refractivity contribution in [1.29, 1.82) is 0 Å². The Morgan fingerprint density at radius 3 is 2.83 bits per heavy atom. The molecule has 0 spiro atoms. The monoisotopic (exact) mass is 374 g/mol. The third-order valence-electron chi connectivity index (χ3n) is 3.69. The Balaban J connectivity index is 2.15. The van der Waals surface area contributed by atoms with Gasteiger partial charge in [0.15, 0.2) is 0 Å². The Bertz CT molecular complexity index is 409. The van der Waals surface area contributed by atoms with E-state index in [-0.39, 0.29) is 0 Å². The van der Waals surface area contributed by atoms with Gasteiger partial charge in [0.2, 0.25) is 0 Å². The van der Waals surface area contributed by atoms with Crippen LogP contribution in [0.25, 0.3) is 0 Å². The molecule has 4 heteroatoms. The number of likely N-dealkylation sites (tertiary alicyclic amines) is 1. The zero-order valence-electron chi connectivity index (χ0n) is 11.0. The minimum Gasteiger partial charge on any atom is -0.369 e. The lowest BCUT2D eigenvalue weighted by Gasteiger charge is -2.37. The second-order valence-electron chi connectivity index (χ2n) is 5.09. The van der Waals surface area contributed by atoms with Gasteiger partial charge in [-0.25, -0.2) is 0 Å². The highest BCUT2D eigenvalue weighted by Crippen LogP contribution is 2.30. The Morgan fingerprint density at radius 1 is 1.44 bits per heavy atom. The first-order chi connectivity index (χ1) is 8.61. The predicted molar refractivity (Wildman–Crippen MR) is 85.7 cm³/mol. The number of benzene rings is 1. The zero-order valence-corrected chi connectivity index (χ0v) is 14.2. The largest absolute Gasteiger partial charge is 0.369 e.